The predicted octanol–water partition coefficient (Wildman–Crippen LogP) is 1.94. The van der Waals surface area contributed by atoms with Gasteiger partial charge in [-0.3, -0.25) is 14.5 Å². The second kappa shape index (κ2) is 7.12. The number of nitrogens with zero attached hydrogens (tertiary/aromatic N) is 1. The van der Waals surface area contributed by atoms with Crippen LogP contribution in [0.5, 0.6) is 0 Å². The van der Waals surface area contributed by atoms with Crippen molar-refractivity contribution in [1.29, 1.82) is 0 Å². The average Bonchev–Trinajstić information content (AvgIpc) is 2.53. The minimum Gasteiger partial charge on any atom is -0.293 e. The summed E-state index contributed by atoms with van der Waals surface area (Å²) in [6, 6.07) is 13.1. The van der Waals surface area contributed by atoms with Crippen LogP contribution >= 0.6 is 15.9 Å². The van der Waals surface area contributed by atoms with E-state index in [2.05, 4.69) is 15.9 Å². The van der Waals surface area contributed by atoms with Gasteiger partial charge in [0, 0.05) is 4.47 Å². The fourth-order valence-corrected chi connectivity index (χ4v) is 3.62. The van der Waals surface area contributed by atoms with Gasteiger partial charge in [-0.1, -0.05) is 33.6 Å². The van der Waals surface area contributed by atoms with Crippen molar-refractivity contribution in [3.05, 3.63) is 58.6 Å². The number of halogens is 1. The number of carbonyl (C=O) groups is 1. The summed E-state index contributed by atoms with van der Waals surface area (Å²) in [5, 5.41) is 0. The lowest BCUT2D eigenvalue weighted by Crippen LogP contribution is -2.43. The molecular formula is C15H16BrN3O3S. The number of anilines is 1. The first-order valence-corrected chi connectivity index (χ1v) is 8.92. The first-order chi connectivity index (χ1) is 10.8. The largest absolute Gasteiger partial charge is 0.293 e. The predicted molar refractivity (Wildman–Crippen MR) is 92.2 cm³/mol. The zero-order chi connectivity index (χ0) is 17.0. The van der Waals surface area contributed by atoms with Gasteiger partial charge < -0.3 is 0 Å². The summed E-state index contributed by atoms with van der Waals surface area (Å²) in [4.78, 5) is 11.8. The minimum absolute atomic E-state index is 0.107. The van der Waals surface area contributed by atoms with Gasteiger partial charge in [-0.05, 0) is 43.3 Å². The number of carbonyl (C=O) groups excluding carboxylic acids is 1. The summed E-state index contributed by atoms with van der Waals surface area (Å²) in [7, 11) is -3.89. The third-order valence-corrected chi connectivity index (χ3v) is 5.49. The first-order valence-electron chi connectivity index (χ1n) is 6.69. The quantitative estimate of drug-likeness (QED) is 0.458. The lowest BCUT2D eigenvalue weighted by molar-refractivity contribution is -0.119. The van der Waals surface area contributed by atoms with Gasteiger partial charge >= 0.3 is 0 Å². The topological polar surface area (TPSA) is 92.5 Å². The number of nitrogens with two attached hydrogens (primary N) is 1. The smallest absolute Gasteiger partial charge is 0.264 e. The molecule has 122 valence electrons. The Morgan fingerprint density at radius 2 is 1.70 bits per heavy atom. The highest BCUT2D eigenvalue weighted by Gasteiger charge is 2.26. The lowest BCUT2D eigenvalue weighted by atomic mass is 10.2. The number of rotatable bonds is 5. The molecule has 3 N–H and O–H groups in total. The van der Waals surface area contributed by atoms with Gasteiger partial charge in [0.15, 0.2) is 0 Å². The SMILES string of the molecule is Cc1ccc(S(=O)(=O)N(CC(=O)NN)c2ccc(Br)cc2)cc1. The Bertz CT molecular complexity index is 790. The number of amides is 1. The van der Waals surface area contributed by atoms with E-state index >= 15 is 0 Å². The molecule has 0 saturated heterocycles. The fourth-order valence-electron chi connectivity index (χ4n) is 1.94. The third kappa shape index (κ3) is 4.10. The molecule has 23 heavy (non-hydrogen) atoms. The molecule has 1 amide bonds. The highest BCUT2D eigenvalue weighted by atomic mass is 79.9. The number of hydrazine groups is 1. The molecule has 0 aromatic heterocycles. The third-order valence-electron chi connectivity index (χ3n) is 3.17. The van der Waals surface area contributed by atoms with E-state index in [4.69, 9.17) is 5.84 Å². The maximum Gasteiger partial charge on any atom is 0.264 e. The molecule has 0 fully saturated rings. The summed E-state index contributed by atoms with van der Waals surface area (Å²) in [6.45, 7) is 1.46. The second-order valence-corrected chi connectivity index (χ2v) is 7.65. The summed E-state index contributed by atoms with van der Waals surface area (Å²) in [5.41, 5.74) is 3.27. The molecule has 0 heterocycles. The molecule has 2 aromatic carbocycles. The summed E-state index contributed by atoms with van der Waals surface area (Å²) < 4.78 is 27.6. The Morgan fingerprint density at radius 1 is 1.13 bits per heavy atom. The zero-order valence-electron chi connectivity index (χ0n) is 12.4. The number of sulfonamides is 1. The molecule has 0 bridgehead atoms. The first kappa shape index (κ1) is 17.5. The van der Waals surface area contributed by atoms with E-state index in [9.17, 15) is 13.2 Å². The van der Waals surface area contributed by atoms with Crippen molar-refractivity contribution >= 4 is 37.5 Å². The van der Waals surface area contributed by atoms with Crippen LogP contribution < -0.4 is 15.6 Å². The molecule has 0 aliphatic carbocycles. The lowest BCUT2D eigenvalue weighted by Gasteiger charge is -2.23. The van der Waals surface area contributed by atoms with Crippen LogP contribution in [0.2, 0.25) is 0 Å². The van der Waals surface area contributed by atoms with Crippen molar-refractivity contribution in [3.63, 3.8) is 0 Å². The maximum absolute atomic E-state index is 12.9. The summed E-state index contributed by atoms with van der Waals surface area (Å²) >= 11 is 3.30. The van der Waals surface area contributed by atoms with Gasteiger partial charge in [0.1, 0.15) is 6.54 Å². The molecule has 6 nitrogen and oxygen atoms in total. The molecule has 0 saturated carbocycles. The van der Waals surface area contributed by atoms with Crippen LogP contribution in [0.1, 0.15) is 5.56 Å². The normalized spacial score (nSPS) is 11.1. The Labute approximate surface area is 143 Å². The van der Waals surface area contributed by atoms with Crippen LogP contribution in [0.4, 0.5) is 5.69 Å². The van der Waals surface area contributed by atoms with Crippen molar-refractivity contribution in [2.24, 2.45) is 5.84 Å². The van der Waals surface area contributed by atoms with Crippen LogP contribution in [0.25, 0.3) is 0 Å². The Balaban J connectivity index is 2.49. The number of benzene rings is 2. The number of aryl methyl sites for hydroxylation is 1. The molecule has 0 aliphatic rings. The van der Waals surface area contributed by atoms with Crippen molar-refractivity contribution in [2.45, 2.75) is 11.8 Å². The molecule has 0 spiro atoms. The summed E-state index contributed by atoms with van der Waals surface area (Å²) in [5.74, 6) is 4.49. The number of nitrogens with one attached hydrogen (secondary N) is 1. The standard InChI is InChI=1S/C15H16BrN3O3S/c1-11-2-8-14(9-3-11)23(21,22)19(10-15(20)18-17)13-6-4-12(16)5-7-13/h2-9H,10,17H2,1H3,(H,18,20). The molecule has 0 aliphatic heterocycles. The molecule has 0 unspecified atom stereocenters. The summed E-state index contributed by atoms with van der Waals surface area (Å²) in [6.07, 6.45) is 0. The molecular weight excluding hydrogens is 382 g/mol. The van der Waals surface area contributed by atoms with Crippen LogP contribution in [0, 0.1) is 6.92 Å². The maximum atomic E-state index is 12.9. The van der Waals surface area contributed by atoms with Crippen molar-refractivity contribution < 1.29 is 13.2 Å². The van der Waals surface area contributed by atoms with Crippen molar-refractivity contribution in [3.8, 4) is 0 Å². The second-order valence-electron chi connectivity index (χ2n) is 4.87. The van der Waals surface area contributed by atoms with Crippen LogP contribution in [0.3, 0.4) is 0 Å². The molecule has 2 aromatic rings. The molecule has 0 radical (unpaired) electrons. The van der Waals surface area contributed by atoms with E-state index in [1.54, 1.807) is 36.4 Å². The monoisotopic (exact) mass is 397 g/mol. The van der Waals surface area contributed by atoms with Gasteiger partial charge in [-0.25, -0.2) is 14.3 Å². The van der Waals surface area contributed by atoms with Gasteiger partial charge in [-0.15, -0.1) is 0 Å². The van der Waals surface area contributed by atoms with Crippen molar-refractivity contribution in [1.82, 2.24) is 5.43 Å². The number of hydrogen-bond acceptors (Lipinski definition) is 4. The van der Waals surface area contributed by atoms with Crippen molar-refractivity contribution in [2.75, 3.05) is 10.8 Å². The fraction of sp³-hybridized carbons (Fsp3) is 0.133. The van der Waals surface area contributed by atoms with Crippen LogP contribution in [-0.4, -0.2) is 20.9 Å². The van der Waals surface area contributed by atoms with Gasteiger partial charge in [0.2, 0.25) is 0 Å². The van der Waals surface area contributed by atoms with E-state index < -0.39 is 22.5 Å². The van der Waals surface area contributed by atoms with Crippen LogP contribution in [-0.2, 0) is 14.8 Å². The van der Waals surface area contributed by atoms with E-state index in [1.165, 1.54) is 12.1 Å². The highest BCUT2D eigenvalue weighted by Crippen LogP contribution is 2.25. The molecule has 8 heteroatoms. The van der Waals surface area contributed by atoms with Gasteiger partial charge in [-0.2, -0.15) is 0 Å². The Hall–Kier alpha value is -1.90. The number of hydrogen-bond donors (Lipinski definition) is 2. The van der Waals surface area contributed by atoms with Gasteiger partial charge in [0.25, 0.3) is 15.9 Å². The molecule has 2 rings (SSSR count). The van der Waals surface area contributed by atoms with E-state index in [0.717, 1.165) is 14.3 Å². The Morgan fingerprint density at radius 3 is 2.22 bits per heavy atom. The average molecular weight is 398 g/mol. The zero-order valence-corrected chi connectivity index (χ0v) is 14.8. The van der Waals surface area contributed by atoms with Crippen LogP contribution in [0.15, 0.2) is 57.9 Å². The van der Waals surface area contributed by atoms with E-state index in [1.807, 2.05) is 12.3 Å². The van der Waals surface area contributed by atoms with Gasteiger partial charge in [0.05, 0.1) is 10.6 Å². The van der Waals surface area contributed by atoms with E-state index in [0.29, 0.717) is 5.69 Å². The Kier molecular flexibility index (Phi) is 5.40. The minimum atomic E-state index is -3.89. The van der Waals surface area contributed by atoms with E-state index in [-0.39, 0.29) is 4.90 Å². The molecule has 0 atom stereocenters. The highest BCUT2D eigenvalue weighted by molar-refractivity contribution is 9.10.